The van der Waals surface area contributed by atoms with Crippen LogP contribution in [0.15, 0.2) is 18.2 Å². The molecule has 0 radical (unpaired) electrons. The fourth-order valence-corrected chi connectivity index (χ4v) is 1.94. The second-order valence-corrected chi connectivity index (χ2v) is 6.04. The number of benzene rings is 1. The largest absolute Gasteiger partial charge is 0.495 e. The Morgan fingerprint density at radius 1 is 1.33 bits per heavy atom. The van der Waals surface area contributed by atoms with Crippen molar-refractivity contribution in [2.45, 2.75) is 32.4 Å². The number of methoxy groups -OCH3 is 1. The number of carbonyl (C=O) groups is 1. The van der Waals surface area contributed by atoms with Gasteiger partial charge in [-0.15, -0.1) is 0 Å². The SMILES string of the molecule is COc1ccc(NC2CNC2)cc1NC(=O)OC(C)(C)C. The van der Waals surface area contributed by atoms with Crippen LogP contribution >= 0.6 is 0 Å². The highest BCUT2D eigenvalue weighted by Gasteiger charge is 2.19. The maximum absolute atomic E-state index is 11.9. The molecule has 3 N–H and O–H groups in total. The van der Waals surface area contributed by atoms with Crippen molar-refractivity contribution in [3.8, 4) is 5.75 Å². The van der Waals surface area contributed by atoms with Crippen molar-refractivity contribution in [1.82, 2.24) is 5.32 Å². The summed E-state index contributed by atoms with van der Waals surface area (Å²) in [6, 6.07) is 6.02. The number of amides is 1. The fourth-order valence-electron chi connectivity index (χ4n) is 1.94. The Labute approximate surface area is 125 Å². The van der Waals surface area contributed by atoms with E-state index in [0.29, 0.717) is 17.5 Å². The molecule has 0 aromatic heterocycles. The molecule has 0 spiro atoms. The molecule has 0 unspecified atom stereocenters. The summed E-state index contributed by atoms with van der Waals surface area (Å²) in [5.74, 6) is 0.596. The van der Waals surface area contributed by atoms with Crippen molar-refractivity contribution >= 4 is 17.5 Å². The Bertz CT molecular complexity index is 507. The van der Waals surface area contributed by atoms with Crippen molar-refractivity contribution in [2.24, 2.45) is 0 Å². The molecule has 1 aliphatic rings. The number of hydrogen-bond acceptors (Lipinski definition) is 5. The number of ether oxygens (including phenoxy) is 2. The molecular weight excluding hydrogens is 270 g/mol. The summed E-state index contributed by atoms with van der Waals surface area (Å²) >= 11 is 0. The van der Waals surface area contributed by atoms with Crippen molar-refractivity contribution in [2.75, 3.05) is 30.8 Å². The quantitative estimate of drug-likeness (QED) is 0.795. The fraction of sp³-hybridized carbons (Fsp3) is 0.533. The zero-order valence-corrected chi connectivity index (χ0v) is 12.9. The Morgan fingerprint density at radius 2 is 2.05 bits per heavy atom. The normalized spacial score (nSPS) is 15.0. The highest BCUT2D eigenvalue weighted by molar-refractivity contribution is 5.88. The van der Waals surface area contributed by atoms with Gasteiger partial charge in [-0.1, -0.05) is 0 Å². The molecule has 0 aliphatic carbocycles. The smallest absolute Gasteiger partial charge is 0.412 e. The van der Waals surface area contributed by atoms with E-state index >= 15 is 0 Å². The van der Waals surface area contributed by atoms with Gasteiger partial charge in [0.25, 0.3) is 0 Å². The van der Waals surface area contributed by atoms with Gasteiger partial charge in [-0.25, -0.2) is 4.79 Å². The monoisotopic (exact) mass is 293 g/mol. The lowest BCUT2D eigenvalue weighted by molar-refractivity contribution is 0.0635. The molecule has 0 atom stereocenters. The van der Waals surface area contributed by atoms with E-state index in [1.54, 1.807) is 7.11 Å². The number of nitrogens with one attached hydrogen (secondary N) is 3. The second-order valence-electron chi connectivity index (χ2n) is 6.04. The van der Waals surface area contributed by atoms with Crippen LogP contribution in [-0.2, 0) is 4.74 Å². The first-order chi connectivity index (χ1) is 9.87. The number of carbonyl (C=O) groups excluding carboxylic acids is 1. The lowest BCUT2D eigenvalue weighted by Gasteiger charge is -2.29. The van der Waals surface area contributed by atoms with Gasteiger partial charge in [0.2, 0.25) is 0 Å². The molecule has 21 heavy (non-hydrogen) atoms. The summed E-state index contributed by atoms with van der Waals surface area (Å²) in [7, 11) is 1.57. The summed E-state index contributed by atoms with van der Waals surface area (Å²) in [5, 5.41) is 9.31. The minimum absolute atomic E-state index is 0.424. The van der Waals surface area contributed by atoms with Gasteiger partial charge in [-0.2, -0.15) is 0 Å². The first-order valence-electron chi connectivity index (χ1n) is 7.03. The first-order valence-corrected chi connectivity index (χ1v) is 7.03. The zero-order valence-electron chi connectivity index (χ0n) is 12.9. The maximum atomic E-state index is 11.9. The highest BCUT2D eigenvalue weighted by atomic mass is 16.6. The minimum atomic E-state index is -0.537. The van der Waals surface area contributed by atoms with E-state index in [1.807, 2.05) is 39.0 Å². The summed E-state index contributed by atoms with van der Waals surface area (Å²) in [5.41, 5.74) is 0.988. The lowest BCUT2D eigenvalue weighted by Crippen LogP contribution is -2.51. The van der Waals surface area contributed by atoms with E-state index in [0.717, 1.165) is 18.8 Å². The van der Waals surface area contributed by atoms with Crippen LogP contribution in [0.25, 0.3) is 0 Å². The van der Waals surface area contributed by atoms with Crippen molar-refractivity contribution < 1.29 is 14.3 Å². The third-order valence-corrected chi connectivity index (χ3v) is 2.99. The van der Waals surface area contributed by atoms with E-state index in [-0.39, 0.29) is 0 Å². The van der Waals surface area contributed by atoms with E-state index in [2.05, 4.69) is 16.0 Å². The Kier molecular flexibility index (Phi) is 4.57. The van der Waals surface area contributed by atoms with Crippen LogP contribution in [-0.4, -0.2) is 37.9 Å². The highest BCUT2D eigenvalue weighted by Crippen LogP contribution is 2.28. The number of anilines is 2. The topological polar surface area (TPSA) is 71.6 Å². The predicted molar refractivity (Wildman–Crippen MR) is 83.1 cm³/mol. The Morgan fingerprint density at radius 3 is 2.57 bits per heavy atom. The molecule has 1 saturated heterocycles. The molecule has 1 heterocycles. The average molecular weight is 293 g/mol. The van der Waals surface area contributed by atoms with Gasteiger partial charge in [0, 0.05) is 18.8 Å². The third kappa shape index (κ3) is 4.53. The molecule has 1 amide bonds. The van der Waals surface area contributed by atoms with Crippen LogP contribution in [0.2, 0.25) is 0 Å². The molecule has 6 nitrogen and oxygen atoms in total. The maximum Gasteiger partial charge on any atom is 0.412 e. The Hall–Kier alpha value is -1.95. The van der Waals surface area contributed by atoms with Gasteiger partial charge in [0.05, 0.1) is 18.8 Å². The summed E-state index contributed by atoms with van der Waals surface area (Å²) < 4.78 is 10.5. The molecule has 1 aliphatic heterocycles. The molecule has 1 aromatic rings. The van der Waals surface area contributed by atoms with Gasteiger partial charge >= 0.3 is 6.09 Å². The zero-order chi connectivity index (χ0) is 15.5. The van der Waals surface area contributed by atoms with E-state index in [1.165, 1.54) is 0 Å². The van der Waals surface area contributed by atoms with Crippen LogP contribution < -0.4 is 20.7 Å². The number of rotatable bonds is 4. The molecule has 1 aromatic carbocycles. The van der Waals surface area contributed by atoms with Crippen LogP contribution in [0.3, 0.4) is 0 Å². The summed E-state index contributed by atoms with van der Waals surface area (Å²) in [6.07, 6.45) is -0.497. The van der Waals surface area contributed by atoms with Gasteiger partial charge in [0.1, 0.15) is 11.4 Å². The first kappa shape index (κ1) is 15.4. The van der Waals surface area contributed by atoms with Gasteiger partial charge < -0.3 is 20.1 Å². The van der Waals surface area contributed by atoms with Crippen LogP contribution in [0.5, 0.6) is 5.75 Å². The van der Waals surface area contributed by atoms with Gasteiger partial charge in [0.15, 0.2) is 0 Å². The van der Waals surface area contributed by atoms with E-state index < -0.39 is 11.7 Å². The van der Waals surface area contributed by atoms with E-state index in [9.17, 15) is 4.79 Å². The van der Waals surface area contributed by atoms with Crippen molar-refractivity contribution in [3.63, 3.8) is 0 Å². The van der Waals surface area contributed by atoms with Gasteiger partial charge in [-0.3, -0.25) is 5.32 Å². The van der Waals surface area contributed by atoms with Gasteiger partial charge in [-0.05, 0) is 39.0 Å². The van der Waals surface area contributed by atoms with Crippen molar-refractivity contribution in [1.29, 1.82) is 0 Å². The van der Waals surface area contributed by atoms with Crippen LogP contribution in [0.4, 0.5) is 16.2 Å². The van der Waals surface area contributed by atoms with Crippen LogP contribution in [0, 0.1) is 0 Å². The Balaban J connectivity index is 2.07. The molecular formula is C15H23N3O3. The van der Waals surface area contributed by atoms with Crippen molar-refractivity contribution in [3.05, 3.63) is 18.2 Å². The molecule has 0 bridgehead atoms. The number of hydrogen-bond donors (Lipinski definition) is 3. The molecule has 2 rings (SSSR count). The predicted octanol–water partition coefficient (Wildman–Crippen LogP) is 2.43. The molecule has 116 valence electrons. The molecule has 6 heteroatoms. The average Bonchev–Trinajstić information content (AvgIpc) is 2.31. The second kappa shape index (κ2) is 6.22. The molecule has 0 saturated carbocycles. The minimum Gasteiger partial charge on any atom is -0.495 e. The molecule has 1 fully saturated rings. The lowest BCUT2D eigenvalue weighted by atomic mass is 10.1. The van der Waals surface area contributed by atoms with E-state index in [4.69, 9.17) is 9.47 Å². The summed E-state index contributed by atoms with van der Waals surface area (Å²) in [6.45, 7) is 7.36. The standard InChI is InChI=1S/C15H23N3O3/c1-15(2,3)21-14(19)18-12-7-10(5-6-13(12)20-4)17-11-8-16-9-11/h5-7,11,16-17H,8-9H2,1-4H3,(H,18,19). The third-order valence-electron chi connectivity index (χ3n) is 2.99. The van der Waals surface area contributed by atoms with Crippen LogP contribution in [0.1, 0.15) is 20.8 Å². The summed E-state index contributed by atoms with van der Waals surface area (Å²) in [4.78, 5) is 11.9.